The molecular weight excluding hydrogens is 124 g/mol. The summed E-state index contributed by atoms with van der Waals surface area (Å²) in [5.74, 6) is 0. The van der Waals surface area contributed by atoms with Gasteiger partial charge in [0.2, 0.25) is 0 Å². The van der Waals surface area contributed by atoms with Gasteiger partial charge in [0.1, 0.15) is 0 Å². The van der Waals surface area contributed by atoms with Crippen LogP contribution in [0.1, 0.15) is 20.3 Å². The van der Waals surface area contributed by atoms with Gasteiger partial charge in [-0.1, -0.05) is 6.92 Å². The monoisotopic (exact) mass is 137 g/mol. The van der Waals surface area contributed by atoms with Crippen molar-refractivity contribution in [3.8, 4) is 0 Å². The Morgan fingerprint density at radius 1 is 1.57 bits per heavy atom. The molecule has 0 saturated carbocycles. The van der Waals surface area contributed by atoms with Crippen LogP contribution < -0.4 is 11.9 Å². The molecular formula is C4H13N2Ti-. The fourth-order valence-electron chi connectivity index (χ4n) is 0. The minimum absolute atomic E-state index is 0. The van der Waals surface area contributed by atoms with Crippen molar-refractivity contribution >= 4 is 0 Å². The van der Waals surface area contributed by atoms with E-state index in [4.69, 9.17) is 5.73 Å². The van der Waals surface area contributed by atoms with Crippen molar-refractivity contribution in [1.82, 2.24) is 6.15 Å². The first kappa shape index (κ1) is 15.6. The largest absolute Gasteiger partial charge is 0.481 e. The normalized spacial score (nSPS) is 6.86. The Balaban J connectivity index is -0.0000000800. The van der Waals surface area contributed by atoms with Crippen molar-refractivity contribution in [3.05, 3.63) is 6.04 Å². The van der Waals surface area contributed by atoms with E-state index in [-0.39, 0.29) is 27.9 Å². The van der Waals surface area contributed by atoms with Crippen LogP contribution in [0.4, 0.5) is 0 Å². The van der Waals surface area contributed by atoms with Gasteiger partial charge in [-0.15, -0.1) is 0 Å². The molecule has 5 N–H and O–H groups in total. The molecule has 0 fully saturated rings. The first-order chi connectivity index (χ1) is 2.27. The second-order valence-electron chi connectivity index (χ2n) is 1.20. The van der Waals surface area contributed by atoms with E-state index in [0.29, 0.717) is 0 Å². The maximum Gasteiger partial charge on any atom is 0 e. The van der Waals surface area contributed by atoms with Gasteiger partial charge < -0.3 is 11.9 Å². The van der Waals surface area contributed by atoms with E-state index in [1.54, 1.807) is 0 Å². The standard InChI is InChI=1S/C4H10N.H3N.Ti/c1-3-4(2)5;;/h3,5H2,1-2H3;1H3;/q-1;;. The van der Waals surface area contributed by atoms with Crippen LogP contribution in [0.3, 0.4) is 0 Å². The zero-order valence-electron chi connectivity index (χ0n) is 4.99. The third-order valence-corrected chi connectivity index (χ3v) is 0.558. The number of hydrogen-bond donors (Lipinski definition) is 2. The quantitative estimate of drug-likeness (QED) is 0.419. The van der Waals surface area contributed by atoms with Crippen molar-refractivity contribution in [2.24, 2.45) is 5.73 Å². The average Bonchev–Trinajstić information content (AvgIpc) is 1.38. The maximum absolute atomic E-state index is 5.21. The number of rotatable bonds is 1. The first-order valence-electron chi connectivity index (χ1n) is 1.85. The molecule has 0 rings (SSSR count). The Morgan fingerprint density at radius 2 is 1.71 bits per heavy atom. The van der Waals surface area contributed by atoms with Crippen molar-refractivity contribution in [3.63, 3.8) is 0 Å². The fraction of sp³-hybridized carbons (Fsp3) is 0.750. The molecule has 0 aliphatic carbocycles. The summed E-state index contributed by atoms with van der Waals surface area (Å²) in [5, 5.41) is 0. The molecule has 7 heavy (non-hydrogen) atoms. The van der Waals surface area contributed by atoms with E-state index >= 15 is 0 Å². The van der Waals surface area contributed by atoms with Crippen molar-refractivity contribution < 1.29 is 21.7 Å². The molecule has 0 aromatic rings. The van der Waals surface area contributed by atoms with E-state index in [1.807, 2.05) is 13.8 Å². The van der Waals surface area contributed by atoms with Crippen molar-refractivity contribution in [2.75, 3.05) is 0 Å². The van der Waals surface area contributed by atoms with Gasteiger partial charge in [-0.3, -0.25) is 6.04 Å². The molecule has 0 aromatic heterocycles. The molecule has 0 amide bonds. The molecule has 0 bridgehead atoms. The predicted octanol–water partition coefficient (Wildman–Crippen LogP) is 1.07. The second kappa shape index (κ2) is 9.81. The molecule has 44 valence electrons. The van der Waals surface area contributed by atoms with Gasteiger partial charge in [-0.25, -0.2) is 0 Å². The summed E-state index contributed by atoms with van der Waals surface area (Å²) in [7, 11) is 0. The van der Waals surface area contributed by atoms with Crippen LogP contribution in [-0.2, 0) is 21.7 Å². The molecule has 0 aromatic carbocycles. The smallest absolute Gasteiger partial charge is 0 e. The minimum Gasteiger partial charge on any atom is -0.481 e. The van der Waals surface area contributed by atoms with Crippen LogP contribution in [0.25, 0.3) is 0 Å². The zero-order chi connectivity index (χ0) is 4.28. The van der Waals surface area contributed by atoms with Crippen molar-refractivity contribution in [2.45, 2.75) is 20.3 Å². The summed E-state index contributed by atoms with van der Waals surface area (Å²) in [4.78, 5) is 0. The van der Waals surface area contributed by atoms with E-state index in [0.717, 1.165) is 12.5 Å². The maximum atomic E-state index is 5.21. The molecule has 0 radical (unpaired) electrons. The molecule has 2 nitrogen and oxygen atoms in total. The fourth-order valence-corrected chi connectivity index (χ4v) is 0. The van der Waals surface area contributed by atoms with Crippen molar-refractivity contribution in [1.29, 1.82) is 0 Å². The molecule has 0 unspecified atom stereocenters. The van der Waals surface area contributed by atoms with Gasteiger partial charge in [0.15, 0.2) is 0 Å². The van der Waals surface area contributed by atoms with Gasteiger partial charge >= 0.3 is 0 Å². The molecule has 0 aliphatic rings. The molecule has 0 atom stereocenters. The summed E-state index contributed by atoms with van der Waals surface area (Å²) < 4.78 is 0. The van der Waals surface area contributed by atoms with Gasteiger partial charge in [0, 0.05) is 21.7 Å². The Kier molecular flexibility index (Phi) is 21.9. The van der Waals surface area contributed by atoms with E-state index in [2.05, 4.69) is 0 Å². The van der Waals surface area contributed by atoms with Gasteiger partial charge in [0.05, 0.1) is 0 Å². The predicted molar refractivity (Wildman–Crippen MR) is 28.4 cm³/mol. The SMILES string of the molecule is CC[C-](C)N.N.[Ti]. The van der Waals surface area contributed by atoms with Crippen LogP contribution in [0, 0.1) is 6.04 Å². The third-order valence-electron chi connectivity index (χ3n) is 0.558. The Morgan fingerprint density at radius 3 is 1.71 bits per heavy atom. The van der Waals surface area contributed by atoms with E-state index < -0.39 is 0 Å². The second-order valence-corrected chi connectivity index (χ2v) is 1.20. The van der Waals surface area contributed by atoms with Crippen LogP contribution in [0.15, 0.2) is 0 Å². The summed E-state index contributed by atoms with van der Waals surface area (Å²) >= 11 is 0. The summed E-state index contributed by atoms with van der Waals surface area (Å²) in [6.07, 6.45) is 1.00. The number of hydrogen-bond acceptors (Lipinski definition) is 2. The topological polar surface area (TPSA) is 61.0 Å². The van der Waals surface area contributed by atoms with Gasteiger partial charge in [-0.05, 0) is 0 Å². The Hall–Kier alpha value is 0.634. The number of nitrogens with two attached hydrogens (primary N) is 1. The molecule has 0 spiro atoms. The average molecular weight is 137 g/mol. The molecule has 0 aliphatic heterocycles. The Labute approximate surface area is 60.3 Å². The molecule has 0 saturated heterocycles. The minimum atomic E-state index is 0. The molecule has 0 heterocycles. The zero-order valence-corrected chi connectivity index (χ0v) is 6.55. The van der Waals surface area contributed by atoms with E-state index in [9.17, 15) is 0 Å². The first-order valence-corrected chi connectivity index (χ1v) is 1.85. The summed E-state index contributed by atoms with van der Waals surface area (Å²) in [5.41, 5.74) is 5.21. The van der Waals surface area contributed by atoms with Crippen LogP contribution in [-0.4, -0.2) is 0 Å². The summed E-state index contributed by atoms with van der Waals surface area (Å²) in [6.45, 7) is 3.95. The third kappa shape index (κ3) is 20.5. The Bertz CT molecular complexity index is 23.7. The van der Waals surface area contributed by atoms with E-state index in [1.165, 1.54) is 0 Å². The van der Waals surface area contributed by atoms with Gasteiger partial charge in [0.25, 0.3) is 0 Å². The van der Waals surface area contributed by atoms with Crippen LogP contribution in [0.5, 0.6) is 0 Å². The summed E-state index contributed by atoms with van der Waals surface area (Å²) in [6, 6.07) is 1.00. The van der Waals surface area contributed by atoms with Crippen LogP contribution in [0.2, 0.25) is 0 Å². The van der Waals surface area contributed by atoms with Gasteiger partial charge in [-0.2, -0.15) is 13.3 Å². The molecule has 3 heteroatoms. The van der Waals surface area contributed by atoms with Crippen LogP contribution >= 0.6 is 0 Å².